The molecule has 21 heavy (non-hydrogen) atoms. The molecule has 2 aromatic heterocycles. The van der Waals surface area contributed by atoms with Crippen LogP contribution in [-0.2, 0) is 0 Å². The minimum atomic E-state index is 0.276. The lowest BCUT2D eigenvalue weighted by Gasteiger charge is -2.08. The van der Waals surface area contributed by atoms with Crippen LogP contribution in [0.3, 0.4) is 0 Å². The second-order valence-corrected chi connectivity index (χ2v) is 5.73. The van der Waals surface area contributed by atoms with Gasteiger partial charge in [0.2, 0.25) is 0 Å². The molecule has 0 atom stereocenters. The van der Waals surface area contributed by atoms with Crippen LogP contribution in [0.5, 0.6) is 0 Å². The highest BCUT2D eigenvalue weighted by Crippen LogP contribution is 2.34. The van der Waals surface area contributed by atoms with E-state index in [4.69, 9.17) is 23.2 Å². The van der Waals surface area contributed by atoms with Gasteiger partial charge in [-0.3, -0.25) is 4.98 Å². The predicted molar refractivity (Wildman–Crippen MR) is 86.2 cm³/mol. The molecule has 0 aliphatic carbocycles. The highest BCUT2D eigenvalue weighted by Gasteiger charge is 2.15. The second kappa shape index (κ2) is 6.05. The Kier molecular flexibility index (Phi) is 4.14. The first-order valence-electron chi connectivity index (χ1n) is 5.90. The van der Waals surface area contributed by atoms with Crippen LogP contribution in [0.4, 0.5) is 0 Å². The molecule has 0 amide bonds. The lowest BCUT2D eigenvalue weighted by atomic mass is 10.1. The lowest BCUT2D eigenvalue weighted by molar-refractivity contribution is 1.11. The zero-order valence-electron chi connectivity index (χ0n) is 10.5. The van der Waals surface area contributed by atoms with Gasteiger partial charge in [-0.05, 0) is 17.7 Å². The SMILES string of the molecule is Clc1nc(-c2cnccn2)nc(Cl)c1-c1ccc(Br)cc1. The van der Waals surface area contributed by atoms with Crippen LogP contribution in [0.25, 0.3) is 22.6 Å². The maximum absolute atomic E-state index is 6.26. The Bertz CT molecular complexity index is 756. The molecule has 0 aliphatic heterocycles. The Morgan fingerprint density at radius 3 is 2.14 bits per heavy atom. The number of halogens is 3. The summed E-state index contributed by atoms with van der Waals surface area (Å²) in [4.78, 5) is 16.6. The Morgan fingerprint density at radius 2 is 1.57 bits per heavy atom. The Labute approximate surface area is 139 Å². The summed E-state index contributed by atoms with van der Waals surface area (Å²) in [6.45, 7) is 0. The van der Waals surface area contributed by atoms with Gasteiger partial charge in [-0.25, -0.2) is 15.0 Å². The van der Waals surface area contributed by atoms with Crippen LogP contribution < -0.4 is 0 Å². The van der Waals surface area contributed by atoms with E-state index in [1.165, 1.54) is 0 Å². The van der Waals surface area contributed by atoms with Crippen molar-refractivity contribution in [1.29, 1.82) is 0 Å². The smallest absolute Gasteiger partial charge is 0.182 e. The van der Waals surface area contributed by atoms with Crippen molar-refractivity contribution in [2.24, 2.45) is 0 Å². The summed E-state index contributed by atoms with van der Waals surface area (Å²) in [7, 11) is 0. The standard InChI is InChI=1S/C14H7BrCl2N4/c15-9-3-1-8(2-4-9)11-12(16)20-14(21-13(11)17)10-7-18-5-6-19-10/h1-7H. The quantitative estimate of drug-likeness (QED) is 0.605. The average molecular weight is 382 g/mol. The summed E-state index contributed by atoms with van der Waals surface area (Å²) in [5, 5.41) is 0.552. The minimum Gasteiger partial charge on any atom is -0.261 e. The van der Waals surface area contributed by atoms with E-state index < -0.39 is 0 Å². The van der Waals surface area contributed by atoms with Gasteiger partial charge in [0.1, 0.15) is 16.0 Å². The Balaban J connectivity index is 2.11. The summed E-state index contributed by atoms with van der Waals surface area (Å²) >= 11 is 15.9. The molecule has 4 nitrogen and oxygen atoms in total. The molecule has 0 N–H and O–H groups in total. The first kappa shape index (κ1) is 14.4. The summed E-state index contributed by atoms with van der Waals surface area (Å²) in [6.07, 6.45) is 4.69. The molecule has 3 rings (SSSR count). The molecule has 7 heteroatoms. The van der Waals surface area contributed by atoms with Crippen molar-refractivity contribution >= 4 is 39.1 Å². The monoisotopic (exact) mass is 380 g/mol. The van der Waals surface area contributed by atoms with Crippen LogP contribution in [-0.4, -0.2) is 19.9 Å². The van der Waals surface area contributed by atoms with Crippen LogP contribution in [0.1, 0.15) is 0 Å². The number of aromatic nitrogens is 4. The summed E-state index contributed by atoms with van der Waals surface area (Å²) in [6, 6.07) is 7.59. The minimum absolute atomic E-state index is 0.276. The molecule has 2 heterocycles. The van der Waals surface area contributed by atoms with Gasteiger partial charge in [0.25, 0.3) is 0 Å². The highest BCUT2D eigenvalue weighted by molar-refractivity contribution is 9.10. The average Bonchev–Trinajstić information content (AvgIpc) is 2.49. The number of hydrogen-bond acceptors (Lipinski definition) is 4. The molecule has 0 spiro atoms. The van der Waals surface area contributed by atoms with E-state index in [2.05, 4.69) is 35.9 Å². The first-order valence-corrected chi connectivity index (χ1v) is 7.45. The predicted octanol–water partition coefficient (Wildman–Crippen LogP) is 4.67. The van der Waals surface area contributed by atoms with E-state index >= 15 is 0 Å². The van der Waals surface area contributed by atoms with Crippen LogP contribution in [0, 0.1) is 0 Å². The third-order valence-electron chi connectivity index (χ3n) is 2.75. The van der Waals surface area contributed by atoms with Crippen LogP contribution in [0.2, 0.25) is 10.3 Å². The van der Waals surface area contributed by atoms with Gasteiger partial charge < -0.3 is 0 Å². The van der Waals surface area contributed by atoms with Crippen molar-refractivity contribution in [3.05, 3.63) is 57.6 Å². The number of hydrogen-bond donors (Lipinski definition) is 0. The maximum Gasteiger partial charge on any atom is 0.182 e. The van der Waals surface area contributed by atoms with Crippen molar-refractivity contribution in [2.45, 2.75) is 0 Å². The Hall–Kier alpha value is -1.56. The molecule has 1 aromatic carbocycles. The zero-order valence-corrected chi connectivity index (χ0v) is 13.6. The van der Waals surface area contributed by atoms with E-state index in [-0.39, 0.29) is 10.3 Å². The van der Waals surface area contributed by atoms with Gasteiger partial charge >= 0.3 is 0 Å². The van der Waals surface area contributed by atoms with Gasteiger partial charge in [0, 0.05) is 16.9 Å². The van der Waals surface area contributed by atoms with Crippen molar-refractivity contribution in [3.8, 4) is 22.6 Å². The van der Waals surface area contributed by atoms with Gasteiger partial charge in [-0.2, -0.15) is 0 Å². The third-order valence-corrected chi connectivity index (χ3v) is 3.82. The second-order valence-electron chi connectivity index (χ2n) is 4.10. The molecular weight excluding hydrogens is 375 g/mol. The maximum atomic E-state index is 6.26. The molecule has 0 bridgehead atoms. The van der Waals surface area contributed by atoms with E-state index in [1.54, 1.807) is 18.6 Å². The van der Waals surface area contributed by atoms with E-state index in [9.17, 15) is 0 Å². The van der Waals surface area contributed by atoms with Crippen LogP contribution >= 0.6 is 39.1 Å². The summed E-state index contributed by atoms with van der Waals surface area (Å²) in [5.41, 5.74) is 1.96. The van der Waals surface area contributed by atoms with Gasteiger partial charge in [0.05, 0.1) is 11.8 Å². The van der Waals surface area contributed by atoms with Crippen molar-refractivity contribution in [2.75, 3.05) is 0 Å². The lowest BCUT2D eigenvalue weighted by Crippen LogP contribution is -1.96. The van der Waals surface area contributed by atoms with Crippen molar-refractivity contribution in [1.82, 2.24) is 19.9 Å². The topological polar surface area (TPSA) is 51.6 Å². The molecule has 0 unspecified atom stereocenters. The Morgan fingerprint density at radius 1 is 0.905 bits per heavy atom. The van der Waals surface area contributed by atoms with Crippen LogP contribution in [0.15, 0.2) is 47.3 Å². The van der Waals surface area contributed by atoms with E-state index in [1.807, 2.05) is 24.3 Å². The number of rotatable bonds is 2. The fourth-order valence-corrected chi connectivity index (χ4v) is 2.66. The molecule has 0 aliphatic rings. The zero-order chi connectivity index (χ0) is 14.8. The highest BCUT2D eigenvalue weighted by atomic mass is 79.9. The molecule has 3 aromatic rings. The van der Waals surface area contributed by atoms with E-state index in [0.29, 0.717) is 17.1 Å². The summed E-state index contributed by atoms with van der Waals surface area (Å²) < 4.78 is 0.968. The van der Waals surface area contributed by atoms with Gasteiger partial charge in [0.15, 0.2) is 5.82 Å². The molecule has 0 fully saturated rings. The number of benzene rings is 1. The normalized spacial score (nSPS) is 10.6. The summed E-state index contributed by atoms with van der Waals surface area (Å²) in [5.74, 6) is 0.346. The first-order chi connectivity index (χ1) is 10.1. The van der Waals surface area contributed by atoms with Gasteiger partial charge in [-0.15, -0.1) is 0 Å². The number of nitrogens with zero attached hydrogens (tertiary/aromatic N) is 4. The molecule has 0 saturated carbocycles. The van der Waals surface area contributed by atoms with Gasteiger partial charge in [-0.1, -0.05) is 51.3 Å². The fourth-order valence-electron chi connectivity index (χ4n) is 1.79. The molecular formula is C14H7BrCl2N4. The van der Waals surface area contributed by atoms with Crippen molar-refractivity contribution < 1.29 is 0 Å². The molecule has 0 saturated heterocycles. The van der Waals surface area contributed by atoms with Crippen molar-refractivity contribution in [3.63, 3.8) is 0 Å². The molecule has 104 valence electrons. The van der Waals surface area contributed by atoms with E-state index in [0.717, 1.165) is 10.0 Å². The third kappa shape index (κ3) is 3.05. The fraction of sp³-hybridized carbons (Fsp3) is 0. The largest absolute Gasteiger partial charge is 0.261 e. The molecule has 0 radical (unpaired) electrons.